The van der Waals surface area contributed by atoms with Gasteiger partial charge in [0.15, 0.2) is 5.75 Å². The zero-order chi connectivity index (χ0) is 14.4. The summed E-state index contributed by atoms with van der Waals surface area (Å²) in [6.07, 6.45) is 5.01. The fourth-order valence-corrected chi connectivity index (χ4v) is 5.23. The number of hydrogen-bond donors (Lipinski definition) is 1. The molecule has 1 saturated heterocycles. The summed E-state index contributed by atoms with van der Waals surface area (Å²) in [5.41, 5.74) is 2.15. The molecule has 0 saturated carbocycles. The van der Waals surface area contributed by atoms with E-state index in [4.69, 9.17) is 4.74 Å². The van der Waals surface area contributed by atoms with Gasteiger partial charge in [0, 0.05) is 22.9 Å². The lowest BCUT2D eigenvalue weighted by Gasteiger charge is -2.56. The Hall–Kier alpha value is -1.52. The molecule has 0 amide bonds. The van der Waals surface area contributed by atoms with Crippen molar-refractivity contribution in [2.75, 3.05) is 13.6 Å². The topological polar surface area (TPSA) is 52.6 Å². The molecule has 21 heavy (non-hydrogen) atoms. The van der Waals surface area contributed by atoms with Crippen molar-refractivity contribution in [1.82, 2.24) is 4.90 Å². The highest BCUT2D eigenvalue weighted by Crippen LogP contribution is 2.62. The Morgan fingerprint density at radius 2 is 2.24 bits per heavy atom. The van der Waals surface area contributed by atoms with Crippen molar-refractivity contribution in [2.45, 2.75) is 36.5 Å². The van der Waals surface area contributed by atoms with E-state index >= 15 is 0 Å². The van der Waals surface area contributed by atoms with Gasteiger partial charge in [-0.3, -0.25) is 5.11 Å². The number of benzene rings is 1. The molecular formula is C17H18NO3. The van der Waals surface area contributed by atoms with Crippen LogP contribution in [0.4, 0.5) is 0 Å². The van der Waals surface area contributed by atoms with Crippen molar-refractivity contribution < 1.29 is 14.9 Å². The summed E-state index contributed by atoms with van der Waals surface area (Å²) in [6.45, 7) is 0.990. The molecule has 4 nitrogen and oxygen atoms in total. The number of piperidine rings is 1. The molecule has 4 aliphatic rings. The summed E-state index contributed by atoms with van der Waals surface area (Å²) in [6, 6.07) is 4.03. The Labute approximate surface area is 123 Å². The summed E-state index contributed by atoms with van der Waals surface area (Å²) in [4.78, 5) is 2.42. The van der Waals surface area contributed by atoms with E-state index in [0.29, 0.717) is 17.7 Å². The van der Waals surface area contributed by atoms with E-state index in [1.54, 1.807) is 6.07 Å². The summed E-state index contributed by atoms with van der Waals surface area (Å²) in [7, 11) is 2.18. The van der Waals surface area contributed by atoms with Gasteiger partial charge in [0.1, 0.15) is 12.2 Å². The van der Waals surface area contributed by atoms with Gasteiger partial charge in [0.2, 0.25) is 5.75 Å². The van der Waals surface area contributed by atoms with Crippen LogP contribution in [0.2, 0.25) is 0 Å². The predicted molar refractivity (Wildman–Crippen MR) is 76.0 cm³/mol. The third kappa shape index (κ3) is 1.21. The minimum absolute atomic E-state index is 0.0409. The molecule has 1 aromatic carbocycles. The standard InChI is InChI=1S/C17H18NO3/c1-18-7-6-17-10-3-5-13(20)16(17)21-15-12(19)4-2-9(14(15)17)8-11(10)18/h2-5,10-11,13,16,20H,6-8H2,1H3/t10-,11+,13-,16-,17-/m0/s1. The smallest absolute Gasteiger partial charge is 0.220 e. The van der Waals surface area contributed by atoms with Gasteiger partial charge in [-0.15, -0.1) is 0 Å². The number of likely N-dealkylation sites (N-methyl/N-ethyl adjacent to an activating group) is 1. The number of aliphatic hydroxyl groups excluding tert-OH is 1. The number of nitrogens with zero attached hydrogens (tertiary/aromatic N) is 1. The molecular weight excluding hydrogens is 266 g/mol. The second-order valence-corrected chi connectivity index (χ2v) is 6.91. The number of likely N-dealkylation sites (tertiary alicyclic amines) is 1. The SMILES string of the molecule is CN1CC[C@]23c4c5ccc([O])c4O[C@H]2[C@@H](O)C=C[C@H]3[C@H]1C5. The van der Waals surface area contributed by atoms with Crippen LogP contribution in [0.1, 0.15) is 17.5 Å². The Kier molecular flexibility index (Phi) is 2.08. The first kappa shape index (κ1) is 12.1. The molecule has 1 fully saturated rings. The quantitative estimate of drug-likeness (QED) is 0.737. The zero-order valence-electron chi connectivity index (χ0n) is 12.0. The Balaban J connectivity index is 1.84. The van der Waals surface area contributed by atoms with Crippen LogP contribution in [0, 0.1) is 5.92 Å². The van der Waals surface area contributed by atoms with Crippen LogP contribution < -0.4 is 4.74 Å². The molecule has 2 heterocycles. The van der Waals surface area contributed by atoms with Crippen LogP contribution in [0.15, 0.2) is 24.3 Å². The largest absolute Gasteiger partial charge is 0.482 e. The molecule has 5 atom stereocenters. The second kappa shape index (κ2) is 3.62. The molecule has 2 aliphatic carbocycles. The van der Waals surface area contributed by atoms with Crippen molar-refractivity contribution in [1.29, 1.82) is 0 Å². The minimum Gasteiger partial charge on any atom is -0.482 e. The monoisotopic (exact) mass is 284 g/mol. The highest BCUT2D eigenvalue weighted by Gasteiger charge is 2.64. The lowest BCUT2D eigenvalue weighted by Crippen LogP contribution is -2.64. The molecule has 1 aromatic rings. The van der Waals surface area contributed by atoms with Crippen LogP contribution in [0.3, 0.4) is 0 Å². The van der Waals surface area contributed by atoms with Gasteiger partial charge < -0.3 is 14.7 Å². The van der Waals surface area contributed by atoms with Gasteiger partial charge in [-0.05, 0) is 38.1 Å². The fraction of sp³-hybridized carbons (Fsp3) is 0.529. The molecule has 0 unspecified atom stereocenters. The average molecular weight is 284 g/mol. The third-order valence-corrected chi connectivity index (χ3v) is 6.13. The summed E-state index contributed by atoms with van der Waals surface area (Å²) in [5.74, 6) is 0.800. The summed E-state index contributed by atoms with van der Waals surface area (Å²) < 4.78 is 6.02. The van der Waals surface area contributed by atoms with Crippen molar-refractivity contribution in [3.8, 4) is 11.5 Å². The predicted octanol–water partition coefficient (Wildman–Crippen LogP) is 1.64. The van der Waals surface area contributed by atoms with Crippen molar-refractivity contribution in [2.24, 2.45) is 5.92 Å². The van der Waals surface area contributed by atoms with E-state index in [1.165, 1.54) is 5.56 Å². The first-order valence-electron chi connectivity index (χ1n) is 7.69. The molecule has 2 aliphatic heterocycles. The molecule has 109 valence electrons. The Morgan fingerprint density at radius 3 is 3.10 bits per heavy atom. The Morgan fingerprint density at radius 1 is 1.38 bits per heavy atom. The molecule has 2 bridgehead atoms. The van der Waals surface area contributed by atoms with Gasteiger partial charge in [-0.25, -0.2) is 0 Å². The Bertz CT molecular complexity index is 670. The number of ether oxygens (including phenoxy) is 1. The first-order valence-corrected chi connectivity index (χ1v) is 7.69. The van der Waals surface area contributed by atoms with E-state index in [2.05, 4.69) is 18.0 Å². The lowest BCUT2D eigenvalue weighted by atomic mass is 9.53. The van der Waals surface area contributed by atoms with Crippen LogP contribution in [0.25, 0.3) is 0 Å². The number of rotatable bonds is 0. The van der Waals surface area contributed by atoms with Crippen LogP contribution in [-0.4, -0.2) is 41.8 Å². The van der Waals surface area contributed by atoms with Crippen LogP contribution in [-0.2, 0) is 16.9 Å². The summed E-state index contributed by atoms with van der Waals surface area (Å²) >= 11 is 0. The van der Waals surface area contributed by atoms with Gasteiger partial charge in [-0.2, -0.15) is 0 Å². The molecule has 1 spiro atoms. The van der Waals surface area contributed by atoms with E-state index in [1.807, 2.05) is 12.1 Å². The molecule has 1 radical (unpaired) electrons. The van der Waals surface area contributed by atoms with E-state index < -0.39 is 6.10 Å². The molecule has 4 heteroatoms. The second-order valence-electron chi connectivity index (χ2n) is 6.91. The zero-order valence-corrected chi connectivity index (χ0v) is 12.0. The van der Waals surface area contributed by atoms with Gasteiger partial charge in [0.05, 0.1) is 0 Å². The van der Waals surface area contributed by atoms with Gasteiger partial charge >= 0.3 is 0 Å². The molecule has 1 N–H and O–H groups in total. The number of hydrogen-bond acceptors (Lipinski definition) is 3. The highest BCUT2D eigenvalue weighted by molar-refractivity contribution is 5.61. The van der Waals surface area contributed by atoms with Crippen LogP contribution in [0.5, 0.6) is 11.5 Å². The van der Waals surface area contributed by atoms with Crippen molar-refractivity contribution >= 4 is 0 Å². The minimum atomic E-state index is -0.622. The first-order chi connectivity index (χ1) is 10.1. The van der Waals surface area contributed by atoms with Crippen molar-refractivity contribution in [3.63, 3.8) is 0 Å². The number of aliphatic hydroxyl groups is 1. The van der Waals surface area contributed by atoms with Gasteiger partial charge in [0.25, 0.3) is 0 Å². The third-order valence-electron chi connectivity index (χ3n) is 6.13. The fourth-order valence-electron chi connectivity index (χ4n) is 5.23. The van der Waals surface area contributed by atoms with E-state index in [9.17, 15) is 10.2 Å². The highest BCUT2D eigenvalue weighted by atomic mass is 16.5. The maximum Gasteiger partial charge on any atom is 0.220 e. The molecule has 5 rings (SSSR count). The molecule has 0 aromatic heterocycles. The maximum absolute atomic E-state index is 12.2. The average Bonchev–Trinajstić information content (AvgIpc) is 2.83. The summed E-state index contributed by atoms with van der Waals surface area (Å²) in [5, 5.41) is 22.6. The van der Waals surface area contributed by atoms with Gasteiger partial charge in [-0.1, -0.05) is 18.2 Å². The van der Waals surface area contributed by atoms with E-state index in [-0.39, 0.29) is 17.3 Å². The van der Waals surface area contributed by atoms with Crippen molar-refractivity contribution in [3.05, 3.63) is 35.4 Å². The van der Waals surface area contributed by atoms with Crippen LogP contribution >= 0.6 is 0 Å². The lowest BCUT2D eigenvalue weighted by molar-refractivity contribution is -0.0454. The maximum atomic E-state index is 12.2. The normalized spacial score (nSPS) is 42.6. The van der Waals surface area contributed by atoms with E-state index in [0.717, 1.165) is 24.9 Å².